The Labute approximate surface area is 199 Å². The highest BCUT2D eigenvalue weighted by Gasteiger charge is 2.22. The SMILES string of the molecule is C=C(C)C(=O)O/C=C\Oc1c(C)c(C)c(C)c2c(O/C=C\OC(=O)C(C)=O)c(C)c(C)c(C)c12. The fourth-order valence-electron chi connectivity index (χ4n) is 3.44. The number of benzene rings is 2. The van der Waals surface area contributed by atoms with Gasteiger partial charge in [0.05, 0.1) is 0 Å². The van der Waals surface area contributed by atoms with Crippen LogP contribution in [0.4, 0.5) is 0 Å². The van der Waals surface area contributed by atoms with E-state index in [9.17, 15) is 14.4 Å². The van der Waals surface area contributed by atoms with Gasteiger partial charge in [0.25, 0.3) is 0 Å². The van der Waals surface area contributed by atoms with Crippen LogP contribution in [0.2, 0.25) is 0 Å². The van der Waals surface area contributed by atoms with Crippen LogP contribution >= 0.6 is 0 Å². The summed E-state index contributed by atoms with van der Waals surface area (Å²) in [5.74, 6) is -1.03. The molecule has 34 heavy (non-hydrogen) atoms. The van der Waals surface area contributed by atoms with Gasteiger partial charge in [-0.25, -0.2) is 9.59 Å². The van der Waals surface area contributed by atoms with E-state index in [4.69, 9.17) is 18.9 Å². The van der Waals surface area contributed by atoms with Crippen LogP contribution < -0.4 is 9.47 Å². The molecule has 0 N–H and O–H groups in total. The predicted molar refractivity (Wildman–Crippen MR) is 130 cm³/mol. The second-order valence-electron chi connectivity index (χ2n) is 8.09. The Balaban J connectivity index is 2.62. The van der Waals surface area contributed by atoms with Crippen molar-refractivity contribution in [3.8, 4) is 11.5 Å². The van der Waals surface area contributed by atoms with Crippen LogP contribution in [0.3, 0.4) is 0 Å². The lowest BCUT2D eigenvalue weighted by Gasteiger charge is -2.22. The fraction of sp³-hybridized carbons (Fsp3) is 0.296. The minimum atomic E-state index is -0.973. The van der Waals surface area contributed by atoms with Crippen molar-refractivity contribution >= 4 is 28.5 Å². The summed E-state index contributed by atoms with van der Waals surface area (Å²) in [7, 11) is 0. The van der Waals surface area contributed by atoms with Crippen molar-refractivity contribution in [2.45, 2.75) is 55.4 Å². The third-order valence-electron chi connectivity index (χ3n) is 5.85. The van der Waals surface area contributed by atoms with Crippen LogP contribution in [0, 0.1) is 41.5 Å². The number of esters is 2. The van der Waals surface area contributed by atoms with Crippen molar-refractivity contribution in [1.29, 1.82) is 0 Å². The zero-order chi connectivity index (χ0) is 25.7. The van der Waals surface area contributed by atoms with E-state index in [0.717, 1.165) is 57.3 Å². The molecule has 0 atom stereocenters. The quantitative estimate of drug-likeness (QED) is 0.215. The Kier molecular flexibility index (Phi) is 8.41. The highest BCUT2D eigenvalue weighted by atomic mass is 16.5. The molecule has 0 radical (unpaired) electrons. The molecule has 0 saturated heterocycles. The van der Waals surface area contributed by atoms with E-state index < -0.39 is 17.7 Å². The summed E-state index contributed by atoms with van der Waals surface area (Å²) in [6.07, 6.45) is 4.76. The van der Waals surface area contributed by atoms with Crippen LogP contribution in [0.1, 0.15) is 47.2 Å². The average molecular weight is 467 g/mol. The number of fused-ring (bicyclic) bond motifs is 1. The van der Waals surface area contributed by atoms with E-state index in [1.807, 2.05) is 41.5 Å². The van der Waals surface area contributed by atoms with Crippen LogP contribution in [0.15, 0.2) is 37.2 Å². The summed E-state index contributed by atoms with van der Waals surface area (Å²) in [4.78, 5) is 34.0. The number of ether oxygens (including phenoxy) is 4. The van der Waals surface area contributed by atoms with E-state index >= 15 is 0 Å². The van der Waals surface area contributed by atoms with E-state index in [1.54, 1.807) is 6.92 Å². The van der Waals surface area contributed by atoms with Crippen molar-refractivity contribution < 1.29 is 33.3 Å². The van der Waals surface area contributed by atoms with Crippen molar-refractivity contribution in [2.75, 3.05) is 0 Å². The molecule has 0 heterocycles. The topological polar surface area (TPSA) is 88.1 Å². The molecular weight excluding hydrogens is 436 g/mol. The molecule has 7 heteroatoms. The summed E-state index contributed by atoms with van der Waals surface area (Å²) >= 11 is 0. The number of carbonyl (C=O) groups is 3. The van der Waals surface area contributed by atoms with Gasteiger partial charge >= 0.3 is 11.9 Å². The van der Waals surface area contributed by atoms with Gasteiger partial charge in [0.15, 0.2) is 0 Å². The first-order chi connectivity index (χ1) is 15.9. The molecule has 2 rings (SSSR count). The number of aryl methyl sites for hydroxylation is 2. The van der Waals surface area contributed by atoms with Crippen molar-refractivity contribution in [3.05, 3.63) is 70.6 Å². The molecule has 0 aromatic heterocycles. The number of Topliss-reactive ketones (excluding diaryl/α,β-unsaturated/α-hetero) is 1. The highest BCUT2D eigenvalue weighted by molar-refractivity contribution is 6.32. The molecule has 0 unspecified atom stereocenters. The molecule has 0 amide bonds. The summed E-state index contributed by atoms with van der Waals surface area (Å²) in [5.41, 5.74) is 6.16. The smallest absolute Gasteiger partial charge is 0.379 e. The molecule has 0 aliphatic heterocycles. The second-order valence-corrected chi connectivity index (χ2v) is 8.09. The monoisotopic (exact) mass is 466 g/mol. The lowest BCUT2D eigenvalue weighted by molar-refractivity contribution is -0.148. The summed E-state index contributed by atoms with van der Waals surface area (Å²) in [6.45, 7) is 18.1. The number of hydrogen-bond acceptors (Lipinski definition) is 7. The van der Waals surface area contributed by atoms with E-state index in [2.05, 4.69) is 6.58 Å². The Hall–Kier alpha value is -3.87. The van der Waals surface area contributed by atoms with E-state index in [0.29, 0.717) is 11.5 Å². The Bertz CT molecular complexity index is 1150. The number of hydrogen-bond donors (Lipinski definition) is 0. The zero-order valence-electron chi connectivity index (χ0n) is 20.9. The number of rotatable bonds is 8. The third kappa shape index (κ3) is 5.36. The molecule has 0 aliphatic carbocycles. The molecule has 0 spiro atoms. The third-order valence-corrected chi connectivity index (χ3v) is 5.85. The first-order valence-electron chi connectivity index (χ1n) is 10.6. The summed E-state index contributed by atoms with van der Waals surface area (Å²) < 4.78 is 21.6. The predicted octanol–water partition coefficient (Wildman–Crippen LogP) is 5.64. The maximum atomic E-state index is 11.6. The Morgan fingerprint density at radius 1 is 0.588 bits per heavy atom. The van der Waals surface area contributed by atoms with Gasteiger partial charge in [-0.1, -0.05) is 6.58 Å². The Morgan fingerprint density at radius 3 is 1.32 bits per heavy atom. The summed E-state index contributed by atoms with van der Waals surface area (Å²) in [6, 6.07) is 0. The van der Waals surface area contributed by atoms with Crippen LogP contribution in [0.5, 0.6) is 11.5 Å². The molecule has 2 aromatic carbocycles. The van der Waals surface area contributed by atoms with Gasteiger partial charge in [0, 0.05) is 23.3 Å². The van der Waals surface area contributed by atoms with Gasteiger partial charge in [-0.3, -0.25) is 4.79 Å². The number of carbonyl (C=O) groups excluding carboxylic acids is 3. The summed E-state index contributed by atoms with van der Waals surface area (Å²) in [5, 5.41) is 1.69. The molecule has 7 nitrogen and oxygen atoms in total. The zero-order valence-corrected chi connectivity index (χ0v) is 20.9. The highest BCUT2D eigenvalue weighted by Crippen LogP contribution is 2.45. The maximum Gasteiger partial charge on any atom is 0.379 e. The van der Waals surface area contributed by atoms with Gasteiger partial charge in [0.1, 0.15) is 36.5 Å². The molecule has 0 fully saturated rings. The molecular formula is C27H30O7. The van der Waals surface area contributed by atoms with Gasteiger partial charge in [-0.2, -0.15) is 0 Å². The lowest BCUT2D eigenvalue weighted by Crippen LogP contribution is -2.10. The largest absolute Gasteiger partial charge is 0.461 e. The second kappa shape index (κ2) is 10.8. The molecule has 0 saturated carbocycles. The van der Waals surface area contributed by atoms with E-state index in [-0.39, 0.29) is 5.57 Å². The molecule has 2 aromatic rings. The van der Waals surface area contributed by atoms with Crippen LogP contribution in [0.25, 0.3) is 10.8 Å². The van der Waals surface area contributed by atoms with Crippen LogP contribution in [-0.2, 0) is 23.9 Å². The molecule has 180 valence electrons. The first-order valence-corrected chi connectivity index (χ1v) is 10.6. The standard InChI is InChI=1S/C27H30O7/c1-14(2)26(29)33-12-10-31-24-19(7)15(3)18(6)23-22(24)17(5)16(4)20(8)25(23)32-11-13-34-27(30)21(9)28/h10-13H,1H2,2-9H3/b12-10-,13-11-. The van der Waals surface area contributed by atoms with Gasteiger partial charge in [-0.15, -0.1) is 0 Å². The minimum Gasteiger partial charge on any atom is -0.461 e. The van der Waals surface area contributed by atoms with Crippen molar-refractivity contribution in [2.24, 2.45) is 0 Å². The first kappa shape index (κ1) is 26.4. The maximum absolute atomic E-state index is 11.6. The van der Waals surface area contributed by atoms with Crippen molar-refractivity contribution in [1.82, 2.24) is 0 Å². The molecule has 0 bridgehead atoms. The van der Waals surface area contributed by atoms with Gasteiger partial charge in [-0.05, 0) is 81.8 Å². The average Bonchev–Trinajstić information content (AvgIpc) is 2.79. The van der Waals surface area contributed by atoms with Gasteiger partial charge in [0.2, 0.25) is 5.78 Å². The fourth-order valence-corrected chi connectivity index (χ4v) is 3.44. The lowest BCUT2D eigenvalue weighted by atomic mass is 9.88. The normalized spacial score (nSPS) is 11.2. The molecule has 0 aliphatic rings. The number of ketones is 1. The Morgan fingerprint density at radius 2 is 0.971 bits per heavy atom. The van der Waals surface area contributed by atoms with Crippen LogP contribution in [-0.4, -0.2) is 17.7 Å². The van der Waals surface area contributed by atoms with Crippen molar-refractivity contribution in [3.63, 3.8) is 0 Å². The van der Waals surface area contributed by atoms with Gasteiger partial charge < -0.3 is 18.9 Å². The van der Waals surface area contributed by atoms with E-state index in [1.165, 1.54) is 18.8 Å². The minimum absolute atomic E-state index is 0.281.